The van der Waals surface area contributed by atoms with Gasteiger partial charge in [-0.25, -0.2) is 18.7 Å². The average Bonchev–Trinajstić information content (AvgIpc) is 3.00. The molecule has 1 aromatic heterocycles. The van der Waals surface area contributed by atoms with Crippen molar-refractivity contribution in [3.05, 3.63) is 89.2 Å². The molecule has 1 fully saturated rings. The molecule has 0 bridgehead atoms. The third-order valence-electron chi connectivity index (χ3n) is 6.88. The zero-order valence-electron chi connectivity index (χ0n) is 23.0. The molecule has 3 aromatic carbocycles. The minimum absolute atomic E-state index is 0.158. The van der Waals surface area contributed by atoms with E-state index in [2.05, 4.69) is 25.5 Å². The van der Waals surface area contributed by atoms with Gasteiger partial charge in [0.05, 0.1) is 23.3 Å². The number of ether oxygens (including phenoxy) is 2. The van der Waals surface area contributed by atoms with Crippen LogP contribution in [0.4, 0.5) is 26.0 Å². The van der Waals surface area contributed by atoms with Crippen molar-refractivity contribution in [3.63, 3.8) is 0 Å². The first kappa shape index (κ1) is 29.2. The molecule has 1 aliphatic heterocycles. The van der Waals surface area contributed by atoms with E-state index >= 15 is 0 Å². The third-order valence-corrected chi connectivity index (χ3v) is 7.17. The van der Waals surface area contributed by atoms with Crippen LogP contribution in [0.1, 0.15) is 24.8 Å². The minimum Gasteiger partial charge on any atom is -0.494 e. The molecule has 2 heterocycles. The molecular weight excluding hydrogens is 564 g/mol. The molecule has 4 aromatic rings. The Labute approximate surface area is 247 Å². The molecular formula is C31H30ClF2N5O3. The lowest BCUT2D eigenvalue weighted by Gasteiger charge is -2.24. The molecule has 0 aliphatic carbocycles. The molecule has 42 heavy (non-hydrogen) atoms. The molecule has 0 spiro atoms. The number of halogens is 3. The van der Waals surface area contributed by atoms with Gasteiger partial charge in [-0.3, -0.25) is 9.69 Å². The average molecular weight is 594 g/mol. The Morgan fingerprint density at radius 2 is 1.90 bits per heavy atom. The summed E-state index contributed by atoms with van der Waals surface area (Å²) in [4.78, 5) is 23.5. The van der Waals surface area contributed by atoms with Crippen molar-refractivity contribution >= 4 is 45.6 Å². The standard InChI is InChI=1S/C31H30ClF2N5O3/c1-41-29-17-26-23(16-27(29)38-31(40)25(34)10-13-39-11-3-2-4-12-39)30(36-19-35-26)37-22-8-9-28(24(32)15-22)42-18-20-6-5-7-21(33)14-20/h5-10,14-17,19H,2-4,11-13,18H2,1H3,(H,38,40)(H,35,36,37)/b25-10-. The number of aromatic nitrogens is 2. The first-order chi connectivity index (χ1) is 20.4. The van der Waals surface area contributed by atoms with Crippen molar-refractivity contribution in [2.24, 2.45) is 0 Å². The van der Waals surface area contributed by atoms with E-state index < -0.39 is 11.7 Å². The predicted molar refractivity (Wildman–Crippen MR) is 160 cm³/mol. The van der Waals surface area contributed by atoms with Crippen LogP contribution in [0.25, 0.3) is 10.9 Å². The van der Waals surface area contributed by atoms with E-state index in [9.17, 15) is 13.6 Å². The van der Waals surface area contributed by atoms with Crippen LogP contribution in [0.3, 0.4) is 0 Å². The van der Waals surface area contributed by atoms with E-state index in [1.807, 2.05) is 0 Å². The highest BCUT2D eigenvalue weighted by atomic mass is 35.5. The summed E-state index contributed by atoms with van der Waals surface area (Å²) < 4.78 is 39.4. The normalized spacial score (nSPS) is 14.0. The number of nitrogens with one attached hydrogen (secondary N) is 2. The number of amides is 1. The number of carbonyl (C=O) groups excluding carboxylic acids is 1. The number of anilines is 3. The van der Waals surface area contributed by atoms with Crippen LogP contribution < -0.4 is 20.1 Å². The SMILES string of the molecule is COc1cc2ncnc(Nc3ccc(OCc4cccc(F)c4)c(Cl)c3)c2cc1NC(=O)/C(F)=C/CN1CCCCC1. The largest absolute Gasteiger partial charge is 0.494 e. The van der Waals surface area contributed by atoms with Crippen LogP contribution in [-0.2, 0) is 11.4 Å². The van der Waals surface area contributed by atoms with Gasteiger partial charge in [-0.05, 0) is 74.0 Å². The van der Waals surface area contributed by atoms with Crippen LogP contribution >= 0.6 is 11.6 Å². The van der Waals surface area contributed by atoms with Crippen molar-refractivity contribution < 1.29 is 23.0 Å². The maximum absolute atomic E-state index is 14.7. The van der Waals surface area contributed by atoms with Gasteiger partial charge in [0.2, 0.25) is 0 Å². The number of piperidine rings is 1. The Morgan fingerprint density at radius 1 is 1.07 bits per heavy atom. The highest BCUT2D eigenvalue weighted by Gasteiger charge is 2.17. The molecule has 1 aliphatic rings. The molecule has 218 valence electrons. The van der Waals surface area contributed by atoms with E-state index in [0.29, 0.717) is 51.0 Å². The zero-order valence-corrected chi connectivity index (χ0v) is 23.8. The summed E-state index contributed by atoms with van der Waals surface area (Å²) >= 11 is 6.46. The summed E-state index contributed by atoms with van der Waals surface area (Å²) in [5.41, 5.74) is 2.11. The lowest BCUT2D eigenvalue weighted by molar-refractivity contribution is -0.114. The van der Waals surface area contributed by atoms with Crippen molar-refractivity contribution in [1.29, 1.82) is 0 Å². The number of fused-ring (bicyclic) bond motifs is 1. The van der Waals surface area contributed by atoms with Crippen LogP contribution in [0.15, 0.2) is 72.8 Å². The van der Waals surface area contributed by atoms with Crippen molar-refractivity contribution in [3.8, 4) is 11.5 Å². The maximum Gasteiger partial charge on any atom is 0.284 e. The van der Waals surface area contributed by atoms with E-state index in [4.69, 9.17) is 21.1 Å². The number of hydrogen-bond donors (Lipinski definition) is 2. The van der Waals surface area contributed by atoms with E-state index in [1.165, 1.54) is 38.1 Å². The van der Waals surface area contributed by atoms with Crippen LogP contribution in [0.2, 0.25) is 5.02 Å². The summed E-state index contributed by atoms with van der Waals surface area (Å²) in [6, 6.07) is 14.5. The monoisotopic (exact) mass is 593 g/mol. The molecule has 5 rings (SSSR count). The van der Waals surface area contributed by atoms with E-state index in [0.717, 1.165) is 25.9 Å². The summed E-state index contributed by atoms with van der Waals surface area (Å²) in [5.74, 6) is -0.870. The van der Waals surface area contributed by atoms with E-state index in [-0.39, 0.29) is 18.1 Å². The molecule has 0 radical (unpaired) electrons. The topological polar surface area (TPSA) is 88.6 Å². The molecule has 2 N–H and O–H groups in total. The molecule has 11 heteroatoms. The van der Waals surface area contributed by atoms with Crippen molar-refractivity contribution in [2.45, 2.75) is 25.9 Å². The van der Waals surface area contributed by atoms with Gasteiger partial charge >= 0.3 is 0 Å². The minimum atomic E-state index is -0.864. The fourth-order valence-corrected chi connectivity index (χ4v) is 4.93. The fourth-order valence-electron chi connectivity index (χ4n) is 4.70. The zero-order chi connectivity index (χ0) is 29.5. The Bertz CT molecular complexity index is 1610. The first-order valence-electron chi connectivity index (χ1n) is 13.6. The third kappa shape index (κ3) is 7.32. The Balaban J connectivity index is 1.32. The van der Waals surface area contributed by atoms with Crippen molar-refractivity contribution in [2.75, 3.05) is 37.4 Å². The van der Waals surface area contributed by atoms with Gasteiger partial charge in [0.15, 0.2) is 5.83 Å². The Hall–Kier alpha value is -4.28. The summed E-state index contributed by atoms with van der Waals surface area (Å²) in [6.07, 6.45) is 6.03. The lowest BCUT2D eigenvalue weighted by atomic mass is 10.1. The second-order valence-corrected chi connectivity index (χ2v) is 10.3. The second-order valence-electron chi connectivity index (χ2n) is 9.85. The first-order valence-corrected chi connectivity index (χ1v) is 13.9. The summed E-state index contributed by atoms with van der Waals surface area (Å²) in [6.45, 7) is 2.34. The van der Waals surface area contributed by atoms with Crippen molar-refractivity contribution in [1.82, 2.24) is 14.9 Å². The summed E-state index contributed by atoms with van der Waals surface area (Å²) in [7, 11) is 1.46. The van der Waals surface area contributed by atoms with Crippen LogP contribution in [0, 0.1) is 5.82 Å². The number of rotatable bonds is 10. The fraction of sp³-hybridized carbons (Fsp3) is 0.258. The van der Waals surface area contributed by atoms with Gasteiger partial charge in [0.25, 0.3) is 5.91 Å². The van der Waals surface area contributed by atoms with Crippen LogP contribution in [0.5, 0.6) is 11.5 Å². The molecule has 0 saturated carbocycles. The van der Waals surface area contributed by atoms with Gasteiger partial charge in [-0.1, -0.05) is 30.2 Å². The smallest absolute Gasteiger partial charge is 0.284 e. The van der Waals surface area contributed by atoms with Crippen LogP contribution in [-0.4, -0.2) is 47.5 Å². The molecule has 0 unspecified atom stereocenters. The molecule has 1 saturated heterocycles. The summed E-state index contributed by atoms with van der Waals surface area (Å²) in [5, 5.41) is 6.73. The number of benzene rings is 3. The molecule has 8 nitrogen and oxygen atoms in total. The van der Waals surface area contributed by atoms with E-state index in [1.54, 1.807) is 42.5 Å². The number of carbonyl (C=O) groups is 1. The maximum atomic E-state index is 14.7. The Morgan fingerprint density at radius 3 is 2.67 bits per heavy atom. The number of likely N-dealkylation sites (tertiary alicyclic amines) is 1. The quantitative estimate of drug-likeness (QED) is 0.191. The number of methoxy groups -OCH3 is 1. The molecule has 0 atom stereocenters. The molecule has 1 amide bonds. The predicted octanol–water partition coefficient (Wildman–Crippen LogP) is 7.03. The van der Waals surface area contributed by atoms with Gasteiger partial charge in [0, 0.05) is 23.7 Å². The highest BCUT2D eigenvalue weighted by molar-refractivity contribution is 6.32. The van der Waals surface area contributed by atoms with Gasteiger partial charge in [-0.2, -0.15) is 0 Å². The lowest BCUT2D eigenvalue weighted by Crippen LogP contribution is -2.30. The number of nitrogens with zero attached hydrogens (tertiary/aromatic N) is 3. The van der Waals surface area contributed by atoms with Gasteiger partial charge in [-0.15, -0.1) is 0 Å². The second kappa shape index (κ2) is 13.6. The highest BCUT2D eigenvalue weighted by Crippen LogP contribution is 2.35. The Kier molecular flexibility index (Phi) is 9.45. The number of hydrogen-bond acceptors (Lipinski definition) is 7. The van der Waals surface area contributed by atoms with Gasteiger partial charge in [0.1, 0.15) is 36.1 Å². The van der Waals surface area contributed by atoms with Gasteiger partial charge < -0.3 is 20.1 Å².